The maximum absolute atomic E-state index is 11.8. The molecule has 26 heavy (non-hydrogen) atoms. The first-order chi connectivity index (χ1) is 12.6. The first-order valence-electron chi connectivity index (χ1n) is 9.39. The molecular weight excluding hydrogens is 330 g/mol. The molecule has 3 aromatic rings. The lowest BCUT2D eigenvalue weighted by molar-refractivity contribution is 0.131. The number of H-pyrrole nitrogens is 2. The van der Waals surface area contributed by atoms with Gasteiger partial charge in [0.1, 0.15) is 5.65 Å². The lowest BCUT2D eigenvalue weighted by Gasteiger charge is -2.27. The standard InChI is InChI=1S/C20H25N3O3/c24-15(10-13-4-2-1-3-5-13)12-23(20(25)26)14-6-7-18-17(11-14)16-8-9-21-19(16)22-18/h6-9,11,13,15,21-22,24H,1-5,10,12H2,(H,25,26)/t15-/m0/s1. The van der Waals surface area contributed by atoms with E-state index < -0.39 is 12.2 Å². The second-order valence-electron chi connectivity index (χ2n) is 7.41. The molecule has 0 bridgehead atoms. The number of hydrogen-bond acceptors (Lipinski definition) is 2. The number of nitrogens with one attached hydrogen (secondary N) is 2. The van der Waals surface area contributed by atoms with Crippen molar-refractivity contribution in [1.29, 1.82) is 0 Å². The molecule has 138 valence electrons. The van der Waals surface area contributed by atoms with E-state index in [0.29, 0.717) is 18.0 Å². The van der Waals surface area contributed by atoms with E-state index in [1.54, 1.807) is 6.07 Å². The minimum atomic E-state index is -1.03. The normalized spacial score (nSPS) is 17.0. The number of fused-ring (bicyclic) bond motifs is 3. The highest BCUT2D eigenvalue weighted by Crippen LogP contribution is 2.30. The van der Waals surface area contributed by atoms with Gasteiger partial charge in [-0.25, -0.2) is 4.79 Å². The van der Waals surface area contributed by atoms with Crippen molar-refractivity contribution in [2.45, 2.75) is 44.6 Å². The largest absolute Gasteiger partial charge is 0.465 e. The number of carbonyl (C=O) groups is 1. The first-order valence-corrected chi connectivity index (χ1v) is 9.39. The Kier molecular flexibility index (Phi) is 4.59. The van der Waals surface area contributed by atoms with E-state index >= 15 is 0 Å². The second-order valence-corrected chi connectivity index (χ2v) is 7.41. The van der Waals surface area contributed by atoms with Gasteiger partial charge in [-0.15, -0.1) is 0 Å². The molecular formula is C20H25N3O3. The Morgan fingerprint density at radius 2 is 2.00 bits per heavy atom. The van der Waals surface area contributed by atoms with Crippen molar-refractivity contribution >= 4 is 33.7 Å². The van der Waals surface area contributed by atoms with Crippen LogP contribution < -0.4 is 4.90 Å². The summed E-state index contributed by atoms with van der Waals surface area (Å²) in [5, 5.41) is 22.2. The Hall–Kier alpha value is -2.47. The van der Waals surface area contributed by atoms with Gasteiger partial charge in [-0.2, -0.15) is 0 Å². The van der Waals surface area contributed by atoms with Crippen molar-refractivity contribution < 1.29 is 15.0 Å². The van der Waals surface area contributed by atoms with Crippen LogP contribution in [0.2, 0.25) is 0 Å². The van der Waals surface area contributed by atoms with Crippen LogP contribution in [-0.2, 0) is 0 Å². The molecule has 6 nitrogen and oxygen atoms in total. The summed E-state index contributed by atoms with van der Waals surface area (Å²) in [7, 11) is 0. The maximum atomic E-state index is 11.8. The van der Waals surface area contributed by atoms with E-state index in [9.17, 15) is 15.0 Å². The molecule has 0 saturated heterocycles. The molecule has 1 aliphatic rings. The minimum Gasteiger partial charge on any atom is -0.465 e. The smallest absolute Gasteiger partial charge is 0.411 e. The Morgan fingerprint density at radius 1 is 1.19 bits per heavy atom. The molecule has 0 radical (unpaired) electrons. The summed E-state index contributed by atoms with van der Waals surface area (Å²) < 4.78 is 0. The monoisotopic (exact) mass is 355 g/mol. The predicted molar refractivity (Wildman–Crippen MR) is 103 cm³/mol. The van der Waals surface area contributed by atoms with Crippen LogP contribution in [0.1, 0.15) is 38.5 Å². The zero-order valence-corrected chi connectivity index (χ0v) is 14.7. The molecule has 1 fully saturated rings. The van der Waals surface area contributed by atoms with Gasteiger partial charge in [0, 0.05) is 28.2 Å². The third-order valence-corrected chi connectivity index (χ3v) is 5.57. The van der Waals surface area contributed by atoms with Gasteiger partial charge in [-0.1, -0.05) is 32.1 Å². The van der Waals surface area contributed by atoms with Crippen LogP contribution in [0.4, 0.5) is 10.5 Å². The molecule has 0 spiro atoms. The summed E-state index contributed by atoms with van der Waals surface area (Å²) in [6.45, 7) is 0.109. The third kappa shape index (κ3) is 3.29. The topological polar surface area (TPSA) is 92.3 Å². The number of rotatable bonds is 5. The fourth-order valence-electron chi connectivity index (χ4n) is 4.25. The van der Waals surface area contributed by atoms with Gasteiger partial charge in [-0.05, 0) is 36.6 Å². The molecule has 0 unspecified atom stereocenters. The lowest BCUT2D eigenvalue weighted by atomic mass is 9.85. The van der Waals surface area contributed by atoms with Crippen molar-refractivity contribution in [1.82, 2.24) is 9.97 Å². The third-order valence-electron chi connectivity index (χ3n) is 5.57. The Balaban J connectivity index is 1.55. The van der Waals surface area contributed by atoms with Crippen LogP contribution in [0.3, 0.4) is 0 Å². The molecule has 0 aliphatic heterocycles. The summed E-state index contributed by atoms with van der Waals surface area (Å²) in [5.41, 5.74) is 2.48. The molecule has 1 aliphatic carbocycles. The first kappa shape index (κ1) is 17.0. The maximum Gasteiger partial charge on any atom is 0.411 e. The van der Waals surface area contributed by atoms with Gasteiger partial charge < -0.3 is 20.2 Å². The van der Waals surface area contributed by atoms with Gasteiger partial charge in [0.15, 0.2) is 0 Å². The predicted octanol–water partition coefficient (Wildman–Crippen LogP) is 4.46. The summed E-state index contributed by atoms with van der Waals surface area (Å²) in [4.78, 5) is 19.5. The zero-order chi connectivity index (χ0) is 18.1. The molecule has 6 heteroatoms. The van der Waals surface area contributed by atoms with Crippen molar-refractivity contribution in [2.75, 3.05) is 11.4 Å². The van der Waals surface area contributed by atoms with Crippen LogP contribution in [0.5, 0.6) is 0 Å². The molecule has 1 saturated carbocycles. The van der Waals surface area contributed by atoms with Crippen LogP contribution >= 0.6 is 0 Å². The molecule has 2 heterocycles. The Morgan fingerprint density at radius 3 is 2.77 bits per heavy atom. The highest BCUT2D eigenvalue weighted by molar-refractivity contribution is 6.08. The molecule has 2 aromatic heterocycles. The van der Waals surface area contributed by atoms with E-state index in [-0.39, 0.29) is 6.54 Å². The molecule has 1 amide bonds. The number of aliphatic hydroxyl groups excluding tert-OH is 1. The molecule has 1 aromatic carbocycles. The number of aliphatic hydroxyl groups is 1. The molecule has 4 rings (SSSR count). The van der Waals surface area contributed by atoms with Gasteiger partial charge in [-0.3, -0.25) is 4.90 Å². The zero-order valence-electron chi connectivity index (χ0n) is 14.7. The van der Waals surface area contributed by atoms with E-state index in [1.165, 1.54) is 24.2 Å². The molecule has 1 atom stereocenters. The Labute approximate surface area is 151 Å². The molecule has 4 N–H and O–H groups in total. The highest BCUT2D eigenvalue weighted by Gasteiger charge is 2.23. The van der Waals surface area contributed by atoms with E-state index in [4.69, 9.17) is 0 Å². The van der Waals surface area contributed by atoms with Gasteiger partial charge >= 0.3 is 6.09 Å². The van der Waals surface area contributed by atoms with Crippen LogP contribution in [-0.4, -0.2) is 38.9 Å². The fourth-order valence-corrected chi connectivity index (χ4v) is 4.25. The second kappa shape index (κ2) is 7.03. The number of aromatic nitrogens is 2. The fraction of sp³-hybridized carbons (Fsp3) is 0.450. The van der Waals surface area contributed by atoms with Gasteiger partial charge in [0.05, 0.1) is 12.6 Å². The number of amides is 1. The summed E-state index contributed by atoms with van der Waals surface area (Å²) in [5.74, 6) is 0.515. The van der Waals surface area contributed by atoms with Crippen molar-refractivity contribution in [3.05, 3.63) is 30.5 Å². The van der Waals surface area contributed by atoms with Crippen LogP contribution in [0, 0.1) is 5.92 Å². The van der Waals surface area contributed by atoms with Gasteiger partial charge in [0.25, 0.3) is 0 Å². The number of aromatic amines is 2. The average molecular weight is 355 g/mol. The van der Waals surface area contributed by atoms with E-state index in [2.05, 4.69) is 9.97 Å². The van der Waals surface area contributed by atoms with E-state index in [1.807, 2.05) is 24.4 Å². The average Bonchev–Trinajstić information content (AvgIpc) is 3.21. The number of carboxylic acid groups (broad SMARTS) is 1. The summed E-state index contributed by atoms with van der Waals surface area (Å²) in [6.07, 6.45) is 6.87. The number of hydrogen-bond donors (Lipinski definition) is 4. The number of nitrogens with zero attached hydrogens (tertiary/aromatic N) is 1. The van der Waals surface area contributed by atoms with Gasteiger partial charge in [0.2, 0.25) is 0 Å². The van der Waals surface area contributed by atoms with Crippen LogP contribution in [0.25, 0.3) is 21.9 Å². The van der Waals surface area contributed by atoms with Crippen molar-refractivity contribution in [3.63, 3.8) is 0 Å². The van der Waals surface area contributed by atoms with E-state index in [0.717, 1.165) is 34.8 Å². The summed E-state index contributed by atoms with van der Waals surface area (Å²) in [6, 6.07) is 7.53. The highest BCUT2D eigenvalue weighted by atomic mass is 16.4. The summed E-state index contributed by atoms with van der Waals surface area (Å²) >= 11 is 0. The lowest BCUT2D eigenvalue weighted by Crippen LogP contribution is -2.37. The SMILES string of the molecule is O=C(O)N(C[C@@H](O)CC1CCCCC1)c1ccc2[nH]c3[nH]ccc3c2c1. The van der Waals surface area contributed by atoms with Crippen molar-refractivity contribution in [2.24, 2.45) is 5.92 Å². The Bertz CT molecular complexity index is 907. The van der Waals surface area contributed by atoms with Crippen molar-refractivity contribution in [3.8, 4) is 0 Å². The quantitative estimate of drug-likeness (QED) is 0.544. The number of benzene rings is 1. The number of anilines is 1. The minimum absolute atomic E-state index is 0.109. The van der Waals surface area contributed by atoms with Crippen LogP contribution in [0.15, 0.2) is 30.5 Å².